The highest BCUT2D eigenvalue weighted by molar-refractivity contribution is 5.99. The third-order valence-corrected chi connectivity index (χ3v) is 6.24. The molecule has 4 rings (SSSR count). The van der Waals surface area contributed by atoms with Gasteiger partial charge < -0.3 is 14.9 Å². The second-order valence-corrected chi connectivity index (χ2v) is 10.2. The maximum atomic E-state index is 13.5. The summed E-state index contributed by atoms with van der Waals surface area (Å²) in [6.07, 6.45) is 1.53. The number of rotatable bonds is 4. The maximum absolute atomic E-state index is 13.5. The van der Waals surface area contributed by atoms with Gasteiger partial charge in [-0.2, -0.15) is 5.10 Å². The molecule has 0 radical (unpaired) electrons. The van der Waals surface area contributed by atoms with E-state index in [0.29, 0.717) is 11.3 Å². The van der Waals surface area contributed by atoms with Crippen molar-refractivity contribution in [2.24, 2.45) is 0 Å². The fraction of sp³-hybridized carbons (Fsp3) is 0.400. The van der Waals surface area contributed by atoms with E-state index in [-0.39, 0.29) is 30.0 Å². The van der Waals surface area contributed by atoms with Crippen molar-refractivity contribution in [3.8, 4) is 11.3 Å². The molecule has 3 heterocycles. The highest BCUT2D eigenvalue weighted by atomic mass is 19.1. The maximum Gasteiger partial charge on any atom is 0.323 e. The Labute approximate surface area is 202 Å². The number of benzene rings is 1. The van der Waals surface area contributed by atoms with Crippen LogP contribution in [0.5, 0.6) is 0 Å². The van der Waals surface area contributed by atoms with E-state index in [1.54, 1.807) is 30.5 Å². The van der Waals surface area contributed by atoms with E-state index in [2.05, 4.69) is 10.1 Å². The van der Waals surface area contributed by atoms with Crippen molar-refractivity contribution < 1.29 is 23.9 Å². The monoisotopic (exact) mass is 481 g/mol. The van der Waals surface area contributed by atoms with E-state index in [9.17, 15) is 18.8 Å². The lowest BCUT2D eigenvalue weighted by molar-refractivity contribution is -0.153. The van der Waals surface area contributed by atoms with Gasteiger partial charge >= 0.3 is 5.97 Å². The van der Waals surface area contributed by atoms with Crippen molar-refractivity contribution in [1.82, 2.24) is 24.4 Å². The first-order valence-corrected chi connectivity index (χ1v) is 11.3. The molecule has 0 aliphatic carbocycles. The summed E-state index contributed by atoms with van der Waals surface area (Å²) in [6, 6.07) is 7.91. The van der Waals surface area contributed by atoms with Crippen LogP contribution in [-0.2, 0) is 15.0 Å². The van der Waals surface area contributed by atoms with Crippen molar-refractivity contribution in [3.05, 3.63) is 53.6 Å². The Morgan fingerprint density at radius 1 is 1.14 bits per heavy atom. The fourth-order valence-electron chi connectivity index (χ4n) is 4.31. The number of aromatic nitrogens is 3. The molecule has 1 N–H and O–H groups in total. The van der Waals surface area contributed by atoms with Crippen LogP contribution in [0.4, 0.5) is 4.39 Å². The number of aliphatic carboxylic acids is 1. The number of nitrogens with zero attached hydrogens (tertiary/aromatic N) is 5. The van der Waals surface area contributed by atoms with E-state index in [4.69, 9.17) is 5.11 Å². The molecule has 0 bridgehead atoms. The van der Waals surface area contributed by atoms with Gasteiger partial charge in [0, 0.05) is 24.2 Å². The molecular weight excluding hydrogens is 453 g/mol. The first-order valence-electron chi connectivity index (χ1n) is 11.3. The SMILES string of the molecule is CC(C)(C)c1cc(-c2ccc(F)cc2)nn2cc(C(=O)N3CCN(CC(=O)O)C(=O)C3(C)C)nc12. The van der Waals surface area contributed by atoms with Crippen LogP contribution in [0.2, 0.25) is 0 Å². The molecule has 1 aliphatic heterocycles. The number of hydrogen-bond donors (Lipinski definition) is 1. The normalized spacial score (nSPS) is 16.1. The quantitative estimate of drug-likeness (QED) is 0.614. The summed E-state index contributed by atoms with van der Waals surface area (Å²) in [6.45, 7) is 9.16. The number of carboxylic acid groups (broad SMARTS) is 1. The Bertz CT molecular complexity index is 1320. The summed E-state index contributed by atoms with van der Waals surface area (Å²) < 4.78 is 15.0. The summed E-state index contributed by atoms with van der Waals surface area (Å²) in [7, 11) is 0. The van der Waals surface area contributed by atoms with Gasteiger partial charge in [0.05, 0.1) is 11.9 Å². The van der Waals surface area contributed by atoms with E-state index >= 15 is 0 Å². The van der Waals surface area contributed by atoms with E-state index in [1.807, 2.05) is 26.8 Å². The van der Waals surface area contributed by atoms with Gasteiger partial charge in [-0.15, -0.1) is 0 Å². The number of amides is 2. The number of carboxylic acids is 1. The third-order valence-electron chi connectivity index (χ3n) is 6.24. The molecule has 0 atom stereocenters. The van der Waals surface area contributed by atoms with Gasteiger partial charge in [-0.1, -0.05) is 20.8 Å². The van der Waals surface area contributed by atoms with E-state index in [1.165, 1.54) is 28.1 Å². The largest absolute Gasteiger partial charge is 0.480 e. The van der Waals surface area contributed by atoms with Crippen molar-refractivity contribution in [2.75, 3.05) is 19.6 Å². The molecule has 3 aromatic rings. The van der Waals surface area contributed by atoms with Gasteiger partial charge in [-0.25, -0.2) is 13.9 Å². The number of halogens is 1. The molecule has 0 spiro atoms. The average molecular weight is 482 g/mol. The Hall–Kier alpha value is -3.82. The van der Waals surface area contributed by atoms with Crippen LogP contribution in [0.3, 0.4) is 0 Å². The lowest BCUT2D eigenvalue weighted by atomic mass is 9.87. The molecule has 2 amide bonds. The zero-order valence-corrected chi connectivity index (χ0v) is 20.4. The van der Waals surface area contributed by atoms with Crippen molar-refractivity contribution in [1.29, 1.82) is 0 Å². The lowest BCUT2D eigenvalue weighted by Crippen LogP contribution is -2.65. The first kappa shape index (κ1) is 24.3. The van der Waals surface area contributed by atoms with Crippen LogP contribution in [0.1, 0.15) is 50.7 Å². The zero-order chi connectivity index (χ0) is 25.7. The fourth-order valence-corrected chi connectivity index (χ4v) is 4.31. The summed E-state index contributed by atoms with van der Waals surface area (Å²) in [5, 5.41) is 13.7. The topological polar surface area (TPSA) is 108 Å². The zero-order valence-electron chi connectivity index (χ0n) is 20.4. The van der Waals surface area contributed by atoms with Crippen molar-refractivity contribution >= 4 is 23.4 Å². The lowest BCUT2D eigenvalue weighted by Gasteiger charge is -2.45. The second kappa shape index (κ2) is 8.44. The molecule has 35 heavy (non-hydrogen) atoms. The Balaban J connectivity index is 1.75. The predicted octanol–water partition coefficient (Wildman–Crippen LogP) is 2.98. The summed E-state index contributed by atoms with van der Waals surface area (Å²) in [4.78, 5) is 44.8. The van der Waals surface area contributed by atoms with Crippen LogP contribution >= 0.6 is 0 Å². The predicted molar refractivity (Wildman–Crippen MR) is 126 cm³/mol. The van der Waals surface area contributed by atoms with Gasteiger partial charge in [-0.05, 0) is 49.6 Å². The van der Waals surface area contributed by atoms with Crippen molar-refractivity contribution in [3.63, 3.8) is 0 Å². The number of hydrogen-bond acceptors (Lipinski definition) is 5. The molecule has 2 aromatic heterocycles. The minimum atomic E-state index is -1.24. The molecule has 10 heteroatoms. The third kappa shape index (κ3) is 4.48. The second-order valence-electron chi connectivity index (χ2n) is 10.2. The molecular formula is C25H28FN5O4. The molecule has 1 aliphatic rings. The molecule has 0 saturated carbocycles. The van der Waals surface area contributed by atoms with Crippen LogP contribution < -0.4 is 0 Å². The molecule has 1 saturated heterocycles. The van der Waals surface area contributed by atoms with E-state index < -0.39 is 29.9 Å². The van der Waals surface area contributed by atoms with Gasteiger partial charge in [0.25, 0.3) is 5.91 Å². The Morgan fingerprint density at radius 2 is 1.80 bits per heavy atom. The average Bonchev–Trinajstić information content (AvgIpc) is 3.19. The summed E-state index contributed by atoms with van der Waals surface area (Å²) >= 11 is 0. The minimum absolute atomic E-state index is 0.119. The molecule has 1 fully saturated rings. The van der Waals surface area contributed by atoms with Crippen LogP contribution in [-0.4, -0.2) is 72.5 Å². The highest BCUT2D eigenvalue weighted by Gasteiger charge is 2.45. The summed E-state index contributed by atoms with van der Waals surface area (Å²) in [5.74, 6) is -2.32. The molecule has 9 nitrogen and oxygen atoms in total. The Kier molecular flexibility index (Phi) is 5.86. The van der Waals surface area contributed by atoms with Gasteiger partial charge in [0.2, 0.25) is 5.91 Å². The number of fused-ring (bicyclic) bond motifs is 1. The van der Waals surface area contributed by atoms with Gasteiger partial charge in [0.1, 0.15) is 23.6 Å². The number of imidazole rings is 1. The first-order chi connectivity index (χ1) is 16.3. The Morgan fingerprint density at radius 3 is 2.40 bits per heavy atom. The van der Waals surface area contributed by atoms with Crippen LogP contribution in [0.15, 0.2) is 36.5 Å². The standard InChI is InChI=1S/C25H28FN5O4/c1-24(2,3)17-12-18(15-6-8-16(26)9-7-15)28-31-13-19(27-21(17)31)22(34)30-11-10-29(14-20(32)33)23(35)25(30,4)5/h6-9,12-13H,10-11,14H2,1-5H3,(H,32,33). The number of piperazine rings is 1. The van der Waals surface area contributed by atoms with Crippen LogP contribution in [0, 0.1) is 5.82 Å². The van der Waals surface area contributed by atoms with Crippen LogP contribution in [0.25, 0.3) is 16.9 Å². The molecule has 184 valence electrons. The summed E-state index contributed by atoms with van der Waals surface area (Å²) in [5.41, 5.74) is 1.26. The number of carbonyl (C=O) groups is 3. The highest BCUT2D eigenvalue weighted by Crippen LogP contribution is 2.31. The smallest absolute Gasteiger partial charge is 0.323 e. The van der Waals surface area contributed by atoms with Crippen molar-refractivity contribution in [2.45, 2.75) is 45.6 Å². The molecule has 0 unspecified atom stereocenters. The van der Waals surface area contributed by atoms with Gasteiger partial charge in [-0.3, -0.25) is 14.4 Å². The van der Waals surface area contributed by atoms with E-state index in [0.717, 1.165) is 11.1 Å². The molecule has 1 aromatic carbocycles. The number of carbonyl (C=O) groups excluding carboxylic acids is 2. The minimum Gasteiger partial charge on any atom is -0.480 e. The van der Waals surface area contributed by atoms with Gasteiger partial charge in [0.15, 0.2) is 5.65 Å².